The van der Waals surface area contributed by atoms with Gasteiger partial charge in [0.05, 0.1) is 5.69 Å². The van der Waals surface area contributed by atoms with Crippen molar-refractivity contribution < 1.29 is 13.6 Å². The van der Waals surface area contributed by atoms with Crippen molar-refractivity contribution in [2.45, 2.75) is 13.3 Å². The monoisotopic (exact) mass is 306 g/mol. The van der Waals surface area contributed by atoms with Crippen LogP contribution in [-0.4, -0.2) is 19.0 Å². The van der Waals surface area contributed by atoms with Gasteiger partial charge in [0.2, 0.25) is 5.91 Å². The number of hydrogen-bond acceptors (Lipinski definition) is 2. The smallest absolute Gasteiger partial charge is 0.225 e. The summed E-state index contributed by atoms with van der Waals surface area (Å²) in [4.78, 5) is 11.4. The second-order valence-electron chi connectivity index (χ2n) is 3.40. The second kappa shape index (κ2) is 6.66. The maximum atomic E-state index is 13.4. The lowest BCUT2D eigenvalue weighted by Crippen LogP contribution is -2.22. The second-order valence-corrected chi connectivity index (χ2v) is 4.25. The molecule has 0 saturated carbocycles. The Morgan fingerprint density at radius 2 is 2.12 bits per heavy atom. The van der Waals surface area contributed by atoms with Crippen LogP contribution < -0.4 is 10.6 Å². The molecule has 0 bridgehead atoms. The largest absolute Gasteiger partial charge is 0.323 e. The highest BCUT2D eigenvalue weighted by Crippen LogP contribution is 2.26. The van der Waals surface area contributed by atoms with Crippen molar-refractivity contribution in [2.24, 2.45) is 0 Å². The van der Waals surface area contributed by atoms with E-state index in [-0.39, 0.29) is 22.5 Å². The lowest BCUT2D eigenvalue weighted by molar-refractivity contribution is -0.116. The zero-order valence-electron chi connectivity index (χ0n) is 9.32. The van der Waals surface area contributed by atoms with E-state index in [1.165, 1.54) is 0 Å². The molecule has 0 saturated heterocycles. The van der Waals surface area contributed by atoms with Crippen LogP contribution in [0.5, 0.6) is 0 Å². The fourth-order valence-electron chi connectivity index (χ4n) is 1.24. The summed E-state index contributed by atoms with van der Waals surface area (Å²) in [7, 11) is 0. The number of hydrogen-bond donors (Lipinski definition) is 2. The average Bonchev–Trinajstić information content (AvgIpc) is 2.24. The van der Waals surface area contributed by atoms with Gasteiger partial charge >= 0.3 is 0 Å². The van der Waals surface area contributed by atoms with Gasteiger partial charge in [-0.2, -0.15) is 0 Å². The Kier molecular flexibility index (Phi) is 5.50. The van der Waals surface area contributed by atoms with E-state index >= 15 is 0 Å². The predicted molar refractivity (Wildman–Crippen MR) is 65.8 cm³/mol. The van der Waals surface area contributed by atoms with E-state index in [4.69, 9.17) is 0 Å². The van der Waals surface area contributed by atoms with Crippen LogP contribution in [0, 0.1) is 11.6 Å². The van der Waals surface area contributed by atoms with E-state index in [9.17, 15) is 13.6 Å². The molecule has 0 radical (unpaired) electrons. The summed E-state index contributed by atoms with van der Waals surface area (Å²) in [6, 6.07) is 1.83. The minimum atomic E-state index is -0.798. The van der Waals surface area contributed by atoms with Crippen molar-refractivity contribution in [1.29, 1.82) is 0 Å². The third kappa shape index (κ3) is 4.40. The normalized spacial score (nSPS) is 10.4. The third-order valence-corrected chi connectivity index (χ3v) is 2.68. The number of nitrogens with one attached hydrogen (secondary N) is 2. The Balaban J connectivity index is 2.65. The summed E-state index contributed by atoms with van der Waals surface area (Å²) in [5, 5.41) is 5.37. The van der Waals surface area contributed by atoms with Crippen molar-refractivity contribution in [3.63, 3.8) is 0 Å². The van der Waals surface area contributed by atoms with Gasteiger partial charge in [-0.15, -0.1) is 0 Å². The van der Waals surface area contributed by atoms with Gasteiger partial charge in [-0.25, -0.2) is 8.78 Å². The van der Waals surface area contributed by atoms with Crippen LogP contribution >= 0.6 is 15.9 Å². The van der Waals surface area contributed by atoms with Crippen molar-refractivity contribution >= 4 is 27.5 Å². The first-order valence-corrected chi connectivity index (χ1v) is 5.99. The van der Waals surface area contributed by atoms with E-state index in [0.29, 0.717) is 6.54 Å². The first kappa shape index (κ1) is 14.1. The molecule has 0 aromatic heterocycles. The summed E-state index contributed by atoms with van der Waals surface area (Å²) in [5.74, 6) is -1.81. The summed E-state index contributed by atoms with van der Waals surface area (Å²) in [6.07, 6.45) is 0.233. The Labute approximate surface area is 107 Å². The molecule has 1 aromatic carbocycles. The zero-order valence-corrected chi connectivity index (χ0v) is 10.9. The minimum Gasteiger partial charge on any atom is -0.323 e. The fraction of sp³-hybridized carbons (Fsp3) is 0.364. The first-order chi connectivity index (χ1) is 8.04. The van der Waals surface area contributed by atoms with E-state index in [1.54, 1.807) is 0 Å². The van der Waals surface area contributed by atoms with Gasteiger partial charge in [0.1, 0.15) is 5.82 Å². The maximum absolute atomic E-state index is 13.4. The van der Waals surface area contributed by atoms with Crippen LogP contribution in [0.2, 0.25) is 0 Å². The molecule has 17 heavy (non-hydrogen) atoms. The van der Waals surface area contributed by atoms with Crippen LogP contribution in [-0.2, 0) is 4.79 Å². The van der Waals surface area contributed by atoms with Gasteiger partial charge in [-0.05, 0) is 28.5 Å². The molecule has 1 aromatic rings. The van der Waals surface area contributed by atoms with Gasteiger partial charge in [-0.3, -0.25) is 4.79 Å². The molecule has 3 nitrogen and oxygen atoms in total. The summed E-state index contributed by atoms with van der Waals surface area (Å²) in [6.45, 7) is 3.21. The minimum absolute atomic E-state index is 0.0344. The van der Waals surface area contributed by atoms with Crippen LogP contribution in [0.25, 0.3) is 0 Å². The number of carbonyl (C=O) groups is 1. The summed E-state index contributed by atoms with van der Waals surface area (Å²) < 4.78 is 26.3. The van der Waals surface area contributed by atoms with Crippen molar-refractivity contribution in [2.75, 3.05) is 18.4 Å². The topological polar surface area (TPSA) is 41.1 Å². The average molecular weight is 307 g/mol. The number of halogens is 3. The highest BCUT2D eigenvalue weighted by atomic mass is 79.9. The van der Waals surface area contributed by atoms with E-state index in [0.717, 1.165) is 18.7 Å². The Hall–Kier alpha value is -1.01. The van der Waals surface area contributed by atoms with Crippen molar-refractivity contribution in [1.82, 2.24) is 5.32 Å². The van der Waals surface area contributed by atoms with E-state index in [1.807, 2.05) is 6.92 Å². The SMILES string of the molecule is CCNCCC(=O)Nc1c(F)cc(F)cc1Br. The number of carbonyl (C=O) groups excluding carboxylic acids is 1. The lowest BCUT2D eigenvalue weighted by atomic mass is 10.3. The lowest BCUT2D eigenvalue weighted by Gasteiger charge is -2.09. The molecule has 0 fully saturated rings. The molecule has 1 amide bonds. The highest BCUT2D eigenvalue weighted by Gasteiger charge is 2.12. The third-order valence-electron chi connectivity index (χ3n) is 2.05. The number of rotatable bonds is 5. The predicted octanol–water partition coefficient (Wildman–Crippen LogP) is 2.67. The standard InChI is InChI=1S/C11H13BrF2N2O/c1-2-15-4-3-10(17)16-11-8(12)5-7(13)6-9(11)14/h5-6,15H,2-4H2,1H3,(H,16,17). The molecule has 0 aliphatic heterocycles. The van der Waals surface area contributed by atoms with Gasteiger partial charge in [0, 0.05) is 23.5 Å². The molecule has 1 rings (SSSR count). The van der Waals surface area contributed by atoms with E-state index in [2.05, 4.69) is 26.6 Å². The van der Waals surface area contributed by atoms with E-state index < -0.39 is 11.6 Å². The van der Waals surface area contributed by atoms with Gasteiger partial charge < -0.3 is 10.6 Å². The molecule has 0 aliphatic rings. The van der Waals surface area contributed by atoms with Crippen LogP contribution in [0.15, 0.2) is 16.6 Å². The van der Waals surface area contributed by atoms with Gasteiger partial charge in [-0.1, -0.05) is 6.92 Å². The number of anilines is 1. The molecule has 6 heteroatoms. The summed E-state index contributed by atoms with van der Waals surface area (Å²) in [5.41, 5.74) is -0.0344. The van der Waals surface area contributed by atoms with Crippen LogP contribution in [0.1, 0.15) is 13.3 Å². The van der Waals surface area contributed by atoms with Gasteiger partial charge in [0.15, 0.2) is 5.82 Å². The Bertz CT molecular complexity index is 389. The molecule has 0 spiro atoms. The molecule has 2 N–H and O–H groups in total. The number of benzene rings is 1. The number of amides is 1. The van der Waals surface area contributed by atoms with Crippen molar-refractivity contribution in [3.05, 3.63) is 28.2 Å². The van der Waals surface area contributed by atoms with Crippen molar-refractivity contribution in [3.8, 4) is 0 Å². The molecule has 0 aliphatic carbocycles. The molecule has 94 valence electrons. The fourth-order valence-corrected chi connectivity index (χ4v) is 1.75. The van der Waals surface area contributed by atoms with Crippen LogP contribution in [0.3, 0.4) is 0 Å². The Morgan fingerprint density at radius 1 is 1.41 bits per heavy atom. The summed E-state index contributed by atoms with van der Waals surface area (Å²) >= 11 is 3.00. The van der Waals surface area contributed by atoms with Crippen LogP contribution in [0.4, 0.5) is 14.5 Å². The molecule has 0 atom stereocenters. The molecular formula is C11H13BrF2N2O. The molecule has 0 unspecified atom stereocenters. The highest BCUT2D eigenvalue weighted by molar-refractivity contribution is 9.10. The Morgan fingerprint density at radius 3 is 2.71 bits per heavy atom. The molecule has 0 heterocycles. The first-order valence-electron chi connectivity index (χ1n) is 5.19. The zero-order chi connectivity index (χ0) is 12.8. The van der Waals surface area contributed by atoms with Gasteiger partial charge in [0.25, 0.3) is 0 Å². The maximum Gasteiger partial charge on any atom is 0.225 e. The quantitative estimate of drug-likeness (QED) is 0.821. The molecular weight excluding hydrogens is 294 g/mol.